The van der Waals surface area contributed by atoms with Gasteiger partial charge in [-0.25, -0.2) is 0 Å². The highest BCUT2D eigenvalue weighted by Gasteiger charge is 2.16. The van der Waals surface area contributed by atoms with E-state index in [1.165, 1.54) is 24.8 Å². The number of ether oxygens (including phenoxy) is 1. The van der Waals surface area contributed by atoms with Crippen LogP contribution in [-0.4, -0.2) is 50.8 Å². The highest BCUT2D eigenvalue weighted by molar-refractivity contribution is 5.79. The molecule has 1 unspecified atom stereocenters. The van der Waals surface area contributed by atoms with E-state index in [9.17, 15) is 0 Å². The molecule has 1 aliphatic rings. The minimum Gasteiger partial charge on any atom is -0.381 e. The molecule has 0 bridgehead atoms. The predicted molar refractivity (Wildman–Crippen MR) is 106 cm³/mol. The maximum atomic E-state index is 5.46. The highest BCUT2D eigenvalue weighted by Crippen LogP contribution is 2.20. The molecular formula is C21H35N3O. The number of nitrogens with zero attached hydrogens (tertiary/aromatic N) is 2. The van der Waals surface area contributed by atoms with Gasteiger partial charge >= 0.3 is 0 Å². The van der Waals surface area contributed by atoms with Crippen LogP contribution in [0, 0.1) is 5.92 Å². The fraction of sp³-hybridized carbons (Fsp3) is 0.667. The molecule has 4 nitrogen and oxygen atoms in total. The first-order valence-electron chi connectivity index (χ1n) is 9.86. The summed E-state index contributed by atoms with van der Waals surface area (Å²) in [6.07, 6.45) is 4.74. The lowest BCUT2D eigenvalue weighted by Gasteiger charge is -2.27. The lowest BCUT2D eigenvalue weighted by molar-refractivity contribution is 0.0625. The van der Waals surface area contributed by atoms with Crippen molar-refractivity contribution in [3.63, 3.8) is 0 Å². The number of hydrogen-bond donors (Lipinski definition) is 1. The molecule has 25 heavy (non-hydrogen) atoms. The highest BCUT2D eigenvalue weighted by atomic mass is 16.5. The lowest BCUT2D eigenvalue weighted by Crippen LogP contribution is -2.40. The van der Waals surface area contributed by atoms with Crippen molar-refractivity contribution in [1.29, 1.82) is 0 Å². The zero-order chi connectivity index (χ0) is 17.9. The summed E-state index contributed by atoms with van der Waals surface area (Å²) in [6.45, 7) is 9.03. The summed E-state index contributed by atoms with van der Waals surface area (Å²) in [5.41, 5.74) is 1.38. The smallest absolute Gasteiger partial charge is 0.193 e. The van der Waals surface area contributed by atoms with E-state index in [4.69, 9.17) is 9.73 Å². The zero-order valence-corrected chi connectivity index (χ0v) is 16.2. The van der Waals surface area contributed by atoms with E-state index >= 15 is 0 Å². The summed E-state index contributed by atoms with van der Waals surface area (Å²) in [5.74, 6) is 2.31. The maximum absolute atomic E-state index is 5.46. The van der Waals surface area contributed by atoms with Crippen LogP contribution in [0.2, 0.25) is 0 Å². The van der Waals surface area contributed by atoms with Gasteiger partial charge in [-0.15, -0.1) is 0 Å². The van der Waals surface area contributed by atoms with Crippen molar-refractivity contribution in [3.05, 3.63) is 35.9 Å². The Hall–Kier alpha value is -1.55. The minimum absolute atomic E-state index is 0.485. The molecule has 1 N–H and O–H groups in total. The van der Waals surface area contributed by atoms with Crippen LogP contribution >= 0.6 is 0 Å². The van der Waals surface area contributed by atoms with Crippen LogP contribution in [0.5, 0.6) is 0 Å². The Bertz CT molecular complexity index is 497. The van der Waals surface area contributed by atoms with Crippen molar-refractivity contribution < 1.29 is 4.74 Å². The third-order valence-corrected chi connectivity index (χ3v) is 5.14. The summed E-state index contributed by atoms with van der Waals surface area (Å²) >= 11 is 0. The number of aliphatic imine (C=N–C) groups is 1. The molecular weight excluding hydrogens is 310 g/mol. The Balaban J connectivity index is 1.91. The van der Waals surface area contributed by atoms with Crippen LogP contribution in [0.25, 0.3) is 0 Å². The van der Waals surface area contributed by atoms with Crippen LogP contribution in [0.4, 0.5) is 0 Å². The van der Waals surface area contributed by atoms with Crippen molar-refractivity contribution in [3.8, 4) is 0 Å². The first kappa shape index (κ1) is 19.8. The fourth-order valence-electron chi connectivity index (χ4n) is 3.38. The molecule has 0 spiro atoms. The molecule has 140 valence electrons. The standard InChI is InChI=1S/C21H35N3O/c1-4-19(20-9-7-6-8-10-20)17-23-21(22-5-2)24(3)14-11-18-12-15-25-16-13-18/h6-10,18-19H,4-5,11-17H2,1-3H3,(H,22,23). The van der Waals surface area contributed by atoms with Gasteiger partial charge in [0.2, 0.25) is 0 Å². The van der Waals surface area contributed by atoms with Crippen LogP contribution < -0.4 is 5.32 Å². The Morgan fingerprint density at radius 3 is 2.60 bits per heavy atom. The van der Waals surface area contributed by atoms with E-state index in [1.807, 2.05) is 0 Å². The molecule has 1 saturated heterocycles. The maximum Gasteiger partial charge on any atom is 0.193 e. The second-order valence-corrected chi connectivity index (χ2v) is 6.98. The van der Waals surface area contributed by atoms with Gasteiger partial charge in [-0.1, -0.05) is 37.3 Å². The number of rotatable bonds is 8. The zero-order valence-electron chi connectivity index (χ0n) is 16.2. The van der Waals surface area contributed by atoms with E-state index in [1.54, 1.807) is 0 Å². The summed E-state index contributed by atoms with van der Waals surface area (Å²) < 4.78 is 5.46. The molecule has 1 heterocycles. The van der Waals surface area contributed by atoms with Crippen LogP contribution in [0.15, 0.2) is 35.3 Å². The molecule has 1 aliphatic heterocycles. The molecule has 4 heteroatoms. The lowest BCUT2D eigenvalue weighted by atomic mass is 9.96. The van der Waals surface area contributed by atoms with E-state index in [-0.39, 0.29) is 0 Å². The molecule has 0 aromatic heterocycles. The van der Waals surface area contributed by atoms with Crippen LogP contribution in [-0.2, 0) is 4.74 Å². The average Bonchev–Trinajstić information content (AvgIpc) is 2.67. The molecule has 0 radical (unpaired) electrons. The van der Waals surface area contributed by atoms with Crippen molar-refractivity contribution in [2.45, 2.75) is 45.4 Å². The van der Waals surface area contributed by atoms with E-state index in [0.29, 0.717) is 5.92 Å². The number of hydrogen-bond acceptors (Lipinski definition) is 2. The second-order valence-electron chi connectivity index (χ2n) is 6.98. The average molecular weight is 346 g/mol. The molecule has 1 fully saturated rings. The van der Waals surface area contributed by atoms with Crippen LogP contribution in [0.3, 0.4) is 0 Å². The first-order chi connectivity index (χ1) is 12.2. The van der Waals surface area contributed by atoms with Crippen molar-refractivity contribution in [2.24, 2.45) is 10.9 Å². The molecule has 2 rings (SSSR count). The van der Waals surface area contributed by atoms with Gasteiger partial charge in [0.1, 0.15) is 0 Å². The Morgan fingerprint density at radius 1 is 1.24 bits per heavy atom. The molecule has 0 saturated carbocycles. The Kier molecular flexibility index (Phi) is 8.81. The quantitative estimate of drug-likeness (QED) is 0.573. The fourth-order valence-corrected chi connectivity index (χ4v) is 3.38. The van der Waals surface area contributed by atoms with Gasteiger partial charge in [-0.05, 0) is 44.1 Å². The number of nitrogens with one attached hydrogen (secondary N) is 1. The Labute approximate surface area is 153 Å². The monoisotopic (exact) mass is 345 g/mol. The molecule has 1 atom stereocenters. The molecule has 1 aromatic carbocycles. The largest absolute Gasteiger partial charge is 0.381 e. The normalized spacial score (nSPS) is 17.3. The SMILES string of the molecule is CCNC(=NCC(CC)c1ccccc1)N(C)CCC1CCOCC1. The summed E-state index contributed by atoms with van der Waals surface area (Å²) in [5, 5.41) is 3.45. The molecule has 1 aromatic rings. The summed E-state index contributed by atoms with van der Waals surface area (Å²) in [7, 11) is 2.16. The van der Waals surface area contributed by atoms with Gasteiger partial charge in [0.15, 0.2) is 5.96 Å². The van der Waals surface area contributed by atoms with Gasteiger partial charge < -0.3 is 15.0 Å². The molecule has 0 aliphatic carbocycles. The topological polar surface area (TPSA) is 36.9 Å². The van der Waals surface area contributed by atoms with Crippen molar-refractivity contribution in [2.75, 3.05) is 39.9 Å². The number of benzene rings is 1. The van der Waals surface area contributed by atoms with Gasteiger partial charge in [-0.3, -0.25) is 4.99 Å². The minimum atomic E-state index is 0.485. The summed E-state index contributed by atoms with van der Waals surface area (Å²) in [6, 6.07) is 10.7. The van der Waals surface area contributed by atoms with Crippen molar-refractivity contribution in [1.82, 2.24) is 10.2 Å². The van der Waals surface area contributed by atoms with Gasteiger partial charge in [0.05, 0.1) is 0 Å². The third kappa shape index (κ3) is 6.69. The first-order valence-corrected chi connectivity index (χ1v) is 9.86. The van der Waals surface area contributed by atoms with E-state index in [2.05, 4.69) is 61.4 Å². The molecule has 0 amide bonds. The number of guanidine groups is 1. The van der Waals surface area contributed by atoms with Gasteiger partial charge in [0.25, 0.3) is 0 Å². The second kappa shape index (κ2) is 11.1. The van der Waals surface area contributed by atoms with Gasteiger partial charge in [0, 0.05) is 45.8 Å². The predicted octanol–water partition coefficient (Wildman–Crippen LogP) is 3.89. The van der Waals surface area contributed by atoms with E-state index < -0.39 is 0 Å². The van der Waals surface area contributed by atoms with E-state index in [0.717, 1.165) is 51.1 Å². The Morgan fingerprint density at radius 2 is 1.96 bits per heavy atom. The summed E-state index contributed by atoms with van der Waals surface area (Å²) in [4.78, 5) is 7.22. The van der Waals surface area contributed by atoms with Gasteiger partial charge in [-0.2, -0.15) is 0 Å². The van der Waals surface area contributed by atoms with Crippen LogP contribution in [0.1, 0.15) is 51.0 Å². The van der Waals surface area contributed by atoms with Crippen molar-refractivity contribution >= 4 is 5.96 Å². The third-order valence-electron chi connectivity index (χ3n) is 5.14.